The van der Waals surface area contributed by atoms with Gasteiger partial charge in [-0.3, -0.25) is 4.55 Å². The smallest absolute Gasteiger partial charge is 0.862 e. The SMILES string of the molecule is CCCCCCCCCCCCCCCCCCCCCC([O-])=NCCS(=O)(=O)O.[K+]. The molecule has 180 valence electrons. The number of aliphatic imine (C=N–C) groups is 1. The van der Waals surface area contributed by atoms with Gasteiger partial charge in [-0.1, -0.05) is 122 Å². The molecule has 0 aliphatic heterocycles. The number of rotatable bonds is 23. The first-order valence-corrected chi connectivity index (χ1v) is 14.2. The summed E-state index contributed by atoms with van der Waals surface area (Å²) < 4.78 is 29.7. The van der Waals surface area contributed by atoms with E-state index < -0.39 is 15.9 Å². The fraction of sp³-hybridized carbons (Fsp3) is 0.958. The van der Waals surface area contributed by atoms with Gasteiger partial charge in [0.25, 0.3) is 10.1 Å². The second kappa shape index (κ2) is 25.6. The fourth-order valence-corrected chi connectivity index (χ4v) is 4.04. The van der Waals surface area contributed by atoms with E-state index in [1.807, 2.05) is 0 Å². The van der Waals surface area contributed by atoms with Gasteiger partial charge in [0.05, 0.1) is 12.3 Å². The Morgan fingerprint density at radius 2 is 1.00 bits per heavy atom. The minimum absolute atomic E-state index is 0. The molecule has 0 aromatic rings. The van der Waals surface area contributed by atoms with Gasteiger partial charge in [0, 0.05) is 0 Å². The molecule has 0 saturated heterocycles. The van der Waals surface area contributed by atoms with Gasteiger partial charge in [-0.2, -0.15) is 8.42 Å². The third-order valence-electron chi connectivity index (χ3n) is 5.63. The zero-order chi connectivity index (χ0) is 22.3. The van der Waals surface area contributed by atoms with Gasteiger partial charge >= 0.3 is 51.4 Å². The van der Waals surface area contributed by atoms with Crippen LogP contribution >= 0.6 is 0 Å². The van der Waals surface area contributed by atoms with Crippen molar-refractivity contribution < 1.29 is 69.5 Å². The van der Waals surface area contributed by atoms with Gasteiger partial charge in [0.15, 0.2) is 0 Å². The normalized spacial score (nSPS) is 12.1. The molecule has 5 nitrogen and oxygen atoms in total. The summed E-state index contributed by atoms with van der Waals surface area (Å²) >= 11 is 0. The molecule has 0 fully saturated rings. The van der Waals surface area contributed by atoms with Crippen LogP contribution in [0.3, 0.4) is 0 Å². The molecule has 0 unspecified atom stereocenters. The molecule has 0 amide bonds. The third-order valence-corrected chi connectivity index (χ3v) is 6.33. The molecule has 0 aromatic heterocycles. The minimum Gasteiger partial charge on any atom is -0.862 e. The Labute approximate surface area is 235 Å². The minimum atomic E-state index is -4.02. The Kier molecular flexibility index (Phi) is 28.3. The molecule has 0 saturated carbocycles. The zero-order valence-corrected chi connectivity index (χ0v) is 24.5. The van der Waals surface area contributed by atoms with Crippen molar-refractivity contribution in [2.24, 2.45) is 4.99 Å². The van der Waals surface area contributed by atoms with E-state index in [0.29, 0.717) is 6.42 Å². The fourth-order valence-electron chi connectivity index (χ4n) is 3.72. The summed E-state index contributed by atoms with van der Waals surface area (Å²) in [5.41, 5.74) is 0. The van der Waals surface area contributed by atoms with Crippen LogP contribution < -0.4 is 56.5 Å². The van der Waals surface area contributed by atoms with Crippen LogP contribution in [-0.4, -0.2) is 31.2 Å². The van der Waals surface area contributed by atoms with Crippen LogP contribution in [0.15, 0.2) is 4.99 Å². The maximum atomic E-state index is 11.5. The van der Waals surface area contributed by atoms with E-state index in [1.165, 1.54) is 103 Å². The van der Waals surface area contributed by atoms with E-state index >= 15 is 0 Å². The summed E-state index contributed by atoms with van der Waals surface area (Å²) in [5.74, 6) is -0.733. The molecule has 0 heterocycles. The van der Waals surface area contributed by atoms with Crippen molar-refractivity contribution in [2.75, 3.05) is 12.3 Å². The standard InChI is InChI=1S/C24H49NO4S.K/c1-2-3-4-5-6-7-8-9-10-11-12-13-14-15-16-17-18-19-20-21-24(26)25-22-23-30(27,28)29;/h2-23H2,1H3,(H,25,26)(H,27,28,29);/q;+1/p-1. The van der Waals surface area contributed by atoms with Crippen LogP contribution in [0.1, 0.15) is 135 Å². The molecule has 0 rings (SSSR count). The molecular formula is C24H48KNO4S. The Hall–Kier alpha value is 1.02. The van der Waals surface area contributed by atoms with E-state index in [1.54, 1.807) is 0 Å². The quantitative estimate of drug-likeness (QED) is 0.0789. The maximum Gasteiger partial charge on any atom is 1.00 e. The third kappa shape index (κ3) is 31.0. The van der Waals surface area contributed by atoms with Crippen LogP contribution in [-0.2, 0) is 10.1 Å². The van der Waals surface area contributed by atoms with Crippen molar-refractivity contribution in [2.45, 2.75) is 135 Å². The number of hydrogen-bond acceptors (Lipinski definition) is 4. The number of unbranched alkanes of at least 4 members (excludes halogenated alkanes) is 18. The number of hydrogen-bond donors (Lipinski definition) is 1. The Bertz CT molecular complexity index is 498. The summed E-state index contributed by atoms with van der Waals surface area (Å²) in [4.78, 5) is 3.65. The molecule has 7 heteroatoms. The van der Waals surface area contributed by atoms with Gasteiger partial charge in [-0.05, 0) is 18.7 Å². The summed E-state index contributed by atoms with van der Waals surface area (Å²) in [6.07, 6.45) is 25.4. The van der Waals surface area contributed by atoms with E-state index in [-0.39, 0.29) is 63.8 Å². The van der Waals surface area contributed by atoms with Crippen LogP contribution in [0.25, 0.3) is 0 Å². The molecule has 0 bridgehead atoms. The largest absolute Gasteiger partial charge is 1.00 e. The Morgan fingerprint density at radius 3 is 1.32 bits per heavy atom. The molecule has 31 heavy (non-hydrogen) atoms. The Balaban J connectivity index is 0. The van der Waals surface area contributed by atoms with E-state index in [9.17, 15) is 13.5 Å². The van der Waals surface area contributed by atoms with Gasteiger partial charge in [-0.15, -0.1) is 0 Å². The summed E-state index contributed by atoms with van der Waals surface area (Å²) in [6.45, 7) is 2.13. The second-order valence-corrected chi connectivity index (χ2v) is 10.2. The molecule has 1 N–H and O–H groups in total. The predicted octanol–water partition coefficient (Wildman–Crippen LogP) is 3.46. The molecule has 0 atom stereocenters. The molecule has 0 radical (unpaired) electrons. The van der Waals surface area contributed by atoms with Crippen LogP contribution in [0.4, 0.5) is 0 Å². The van der Waals surface area contributed by atoms with Crippen LogP contribution in [0, 0.1) is 0 Å². The first kappa shape index (κ1) is 34.2. The van der Waals surface area contributed by atoms with Gasteiger partial charge in [-0.25, -0.2) is 0 Å². The first-order chi connectivity index (χ1) is 14.5. The molecule has 0 spiro atoms. The van der Waals surface area contributed by atoms with Crippen molar-refractivity contribution in [3.05, 3.63) is 0 Å². The van der Waals surface area contributed by atoms with Gasteiger partial charge < -0.3 is 10.1 Å². The predicted molar refractivity (Wildman–Crippen MR) is 127 cm³/mol. The van der Waals surface area contributed by atoms with Crippen LogP contribution in [0.5, 0.6) is 0 Å². The average molecular weight is 486 g/mol. The zero-order valence-electron chi connectivity index (χ0n) is 20.6. The summed E-state index contributed by atoms with van der Waals surface area (Å²) in [7, 11) is -4.02. The van der Waals surface area contributed by atoms with Gasteiger partial charge in [0.1, 0.15) is 0 Å². The van der Waals surface area contributed by atoms with Crippen molar-refractivity contribution in [3.8, 4) is 0 Å². The molecule has 0 aromatic carbocycles. The van der Waals surface area contributed by atoms with Crippen molar-refractivity contribution in [1.29, 1.82) is 0 Å². The van der Waals surface area contributed by atoms with Crippen molar-refractivity contribution >= 4 is 16.0 Å². The van der Waals surface area contributed by atoms with Crippen molar-refractivity contribution in [3.63, 3.8) is 0 Å². The molecule has 0 aliphatic rings. The monoisotopic (exact) mass is 485 g/mol. The van der Waals surface area contributed by atoms with Crippen LogP contribution in [0.2, 0.25) is 0 Å². The average Bonchev–Trinajstić information content (AvgIpc) is 2.68. The molecule has 0 aliphatic carbocycles. The topological polar surface area (TPSA) is 89.8 Å². The maximum absolute atomic E-state index is 11.5. The summed E-state index contributed by atoms with van der Waals surface area (Å²) in [5, 5.41) is 11.5. The first-order valence-electron chi connectivity index (χ1n) is 12.6. The molecular weight excluding hydrogens is 437 g/mol. The summed E-state index contributed by atoms with van der Waals surface area (Å²) in [6, 6.07) is 0. The van der Waals surface area contributed by atoms with Crippen molar-refractivity contribution in [1.82, 2.24) is 0 Å². The second-order valence-electron chi connectivity index (χ2n) is 8.68. The van der Waals surface area contributed by atoms with Gasteiger partial charge in [0.2, 0.25) is 0 Å². The Morgan fingerprint density at radius 1 is 0.677 bits per heavy atom. The van der Waals surface area contributed by atoms with E-state index in [0.717, 1.165) is 19.3 Å². The van der Waals surface area contributed by atoms with E-state index in [2.05, 4.69) is 11.9 Å². The van der Waals surface area contributed by atoms with E-state index in [4.69, 9.17) is 4.55 Å². The number of nitrogens with zero attached hydrogens (tertiary/aromatic N) is 1.